The Morgan fingerprint density at radius 1 is 1.62 bits per heavy atom. The summed E-state index contributed by atoms with van der Waals surface area (Å²) in [6.45, 7) is 3.80. The molecule has 0 N–H and O–H groups in total. The van der Waals surface area contributed by atoms with E-state index in [0.29, 0.717) is 11.8 Å². The fourth-order valence-corrected chi connectivity index (χ4v) is 2.08. The van der Waals surface area contributed by atoms with Gasteiger partial charge in [0.1, 0.15) is 0 Å². The van der Waals surface area contributed by atoms with Crippen molar-refractivity contribution < 1.29 is 9.59 Å². The van der Waals surface area contributed by atoms with Crippen LogP contribution < -0.4 is 0 Å². The van der Waals surface area contributed by atoms with Crippen LogP contribution in [0.5, 0.6) is 0 Å². The Balaban J connectivity index is 2.68. The molecule has 0 spiro atoms. The van der Waals surface area contributed by atoms with E-state index in [1.165, 1.54) is 4.90 Å². The number of rotatable bonds is 2. The van der Waals surface area contributed by atoms with Crippen LogP contribution in [0.2, 0.25) is 0 Å². The van der Waals surface area contributed by atoms with Gasteiger partial charge in [0, 0.05) is 23.7 Å². The minimum Gasteiger partial charge on any atom is -0.280 e. The predicted molar refractivity (Wildman–Crippen MR) is 53.5 cm³/mol. The van der Waals surface area contributed by atoms with Crippen LogP contribution in [0.4, 0.5) is 0 Å². The summed E-state index contributed by atoms with van der Waals surface area (Å²) in [7, 11) is 0. The topological polar surface area (TPSA) is 37.4 Å². The molecule has 0 aromatic heterocycles. The van der Waals surface area contributed by atoms with E-state index < -0.39 is 0 Å². The molecule has 0 aromatic carbocycles. The zero-order chi connectivity index (χ0) is 10.0. The van der Waals surface area contributed by atoms with Gasteiger partial charge in [-0.15, -0.1) is 0 Å². The lowest BCUT2D eigenvalue weighted by molar-refractivity contribution is -0.144. The van der Waals surface area contributed by atoms with E-state index >= 15 is 0 Å². The van der Waals surface area contributed by atoms with Gasteiger partial charge in [-0.3, -0.25) is 14.5 Å². The van der Waals surface area contributed by atoms with Gasteiger partial charge in [0.05, 0.1) is 0 Å². The first-order chi connectivity index (χ1) is 6.07. The van der Waals surface area contributed by atoms with E-state index in [0.717, 1.165) is 6.42 Å². The molecule has 0 saturated carbocycles. The Morgan fingerprint density at radius 3 is 2.62 bits per heavy atom. The summed E-state index contributed by atoms with van der Waals surface area (Å²) in [6, 6.07) is 0.0778. The zero-order valence-corrected chi connectivity index (χ0v) is 9.50. The second-order valence-electron chi connectivity index (χ2n) is 3.53. The lowest BCUT2D eigenvalue weighted by Crippen LogP contribution is -2.37. The molecule has 2 amide bonds. The molecule has 74 valence electrons. The van der Waals surface area contributed by atoms with Crippen LogP contribution in [-0.2, 0) is 9.59 Å². The summed E-state index contributed by atoms with van der Waals surface area (Å²) in [4.78, 5) is 24.4. The summed E-state index contributed by atoms with van der Waals surface area (Å²) < 4.78 is 0. The summed E-state index contributed by atoms with van der Waals surface area (Å²) in [5.41, 5.74) is 0. The van der Waals surface area contributed by atoms with Gasteiger partial charge in [-0.05, 0) is 13.3 Å². The van der Waals surface area contributed by atoms with Gasteiger partial charge in [0.2, 0.25) is 11.8 Å². The van der Waals surface area contributed by atoms with Crippen molar-refractivity contribution in [3.05, 3.63) is 0 Å². The molecule has 1 saturated heterocycles. The van der Waals surface area contributed by atoms with E-state index in [4.69, 9.17) is 0 Å². The smallest absolute Gasteiger partial charge is 0.232 e. The molecule has 1 heterocycles. The lowest BCUT2D eigenvalue weighted by atomic mass is 10.1. The Labute approximate surface area is 86.6 Å². The highest BCUT2D eigenvalue weighted by molar-refractivity contribution is 9.09. The molecule has 1 fully saturated rings. The monoisotopic (exact) mass is 247 g/mol. The van der Waals surface area contributed by atoms with E-state index in [1.54, 1.807) is 0 Å². The van der Waals surface area contributed by atoms with Crippen LogP contribution in [-0.4, -0.2) is 28.1 Å². The molecule has 1 aliphatic heterocycles. The van der Waals surface area contributed by atoms with Gasteiger partial charge in [-0.1, -0.05) is 22.9 Å². The fourth-order valence-electron chi connectivity index (χ4n) is 1.74. The van der Waals surface area contributed by atoms with Crippen molar-refractivity contribution in [3.63, 3.8) is 0 Å². The van der Waals surface area contributed by atoms with Crippen molar-refractivity contribution in [1.29, 1.82) is 0 Å². The molecule has 1 rings (SSSR count). The van der Waals surface area contributed by atoms with Gasteiger partial charge in [-0.2, -0.15) is 0 Å². The van der Waals surface area contributed by atoms with E-state index in [-0.39, 0.29) is 23.8 Å². The number of hydrogen-bond donors (Lipinski definition) is 0. The van der Waals surface area contributed by atoms with Crippen molar-refractivity contribution in [2.75, 3.05) is 5.33 Å². The van der Waals surface area contributed by atoms with Crippen molar-refractivity contribution in [3.8, 4) is 0 Å². The van der Waals surface area contributed by atoms with E-state index in [2.05, 4.69) is 15.9 Å². The number of halogens is 1. The maximum absolute atomic E-state index is 11.5. The third-order valence-corrected chi connectivity index (χ3v) is 2.77. The molecule has 0 bridgehead atoms. The van der Waals surface area contributed by atoms with Crippen molar-refractivity contribution in [2.45, 2.75) is 32.7 Å². The highest BCUT2D eigenvalue weighted by Crippen LogP contribution is 2.24. The lowest BCUT2D eigenvalue weighted by Gasteiger charge is -2.18. The average Bonchev–Trinajstić information content (AvgIpc) is 2.27. The van der Waals surface area contributed by atoms with Crippen LogP contribution in [0.3, 0.4) is 0 Å². The Morgan fingerprint density at radius 2 is 2.23 bits per heavy atom. The van der Waals surface area contributed by atoms with Gasteiger partial charge < -0.3 is 0 Å². The first-order valence-electron chi connectivity index (χ1n) is 4.49. The van der Waals surface area contributed by atoms with Gasteiger partial charge in [0.15, 0.2) is 0 Å². The number of likely N-dealkylation sites (tertiary alicyclic amines) is 1. The summed E-state index contributed by atoms with van der Waals surface area (Å²) in [6.07, 6.45) is 1.20. The SMILES string of the molecule is CC1CC(C)N(C(=O)CCBr)C1=O. The molecular formula is C9H14BrNO2. The van der Waals surface area contributed by atoms with E-state index in [1.807, 2.05) is 13.8 Å². The van der Waals surface area contributed by atoms with Crippen LogP contribution >= 0.6 is 15.9 Å². The third-order valence-electron chi connectivity index (χ3n) is 2.37. The number of nitrogens with zero attached hydrogens (tertiary/aromatic N) is 1. The van der Waals surface area contributed by atoms with Crippen LogP contribution in [0, 0.1) is 5.92 Å². The summed E-state index contributed by atoms with van der Waals surface area (Å²) in [5.74, 6) is -0.0635. The largest absolute Gasteiger partial charge is 0.280 e. The predicted octanol–water partition coefficient (Wildman–Crippen LogP) is 1.55. The molecular weight excluding hydrogens is 234 g/mol. The molecule has 13 heavy (non-hydrogen) atoms. The average molecular weight is 248 g/mol. The van der Waals surface area contributed by atoms with Crippen LogP contribution in [0.1, 0.15) is 26.7 Å². The van der Waals surface area contributed by atoms with Gasteiger partial charge in [0.25, 0.3) is 0 Å². The first kappa shape index (κ1) is 10.7. The highest BCUT2D eigenvalue weighted by Gasteiger charge is 2.37. The number of hydrogen-bond acceptors (Lipinski definition) is 2. The van der Waals surface area contributed by atoms with Crippen molar-refractivity contribution >= 4 is 27.7 Å². The minimum absolute atomic E-state index is 0.00859. The Hall–Kier alpha value is -0.380. The van der Waals surface area contributed by atoms with Crippen molar-refractivity contribution in [1.82, 2.24) is 4.90 Å². The fraction of sp³-hybridized carbons (Fsp3) is 0.778. The summed E-state index contributed by atoms with van der Waals surface area (Å²) in [5, 5.41) is 0.622. The minimum atomic E-state index is -0.0567. The second-order valence-corrected chi connectivity index (χ2v) is 4.32. The van der Waals surface area contributed by atoms with Gasteiger partial charge in [-0.25, -0.2) is 0 Å². The summed E-state index contributed by atoms with van der Waals surface area (Å²) >= 11 is 3.19. The normalized spacial score (nSPS) is 28.2. The number of imide groups is 1. The van der Waals surface area contributed by atoms with Crippen LogP contribution in [0.15, 0.2) is 0 Å². The molecule has 3 nitrogen and oxygen atoms in total. The maximum atomic E-state index is 11.5. The molecule has 0 radical (unpaired) electrons. The quantitative estimate of drug-likeness (QED) is 0.695. The molecule has 0 aliphatic carbocycles. The second kappa shape index (κ2) is 4.22. The number of carbonyl (C=O) groups is 2. The van der Waals surface area contributed by atoms with Gasteiger partial charge >= 0.3 is 0 Å². The zero-order valence-electron chi connectivity index (χ0n) is 7.92. The number of alkyl halides is 1. The molecule has 1 aliphatic rings. The first-order valence-corrected chi connectivity index (χ1v) is 5.62. The molecule has 0 aromatic rings. The molecule has 2 atom stereocenters. The molecule has 2 unspecified atom stereocenters. The third kappa shape index (κ3) is 2.10. The Bertz CT molecular complexity index is 230. The van der Waals surface area contributed by atoms with Crippen molar-refractivity contribution in [2.24, 2.45) is 5.92 Å². The Kier molecular flexibility index (Phi) is 3.47. The maximum Gasteiger partial charge on any atom is 0.232 e. The van der Waals surface area contributed by atoms with E-state index in [9.17, 15) is 9.59 Å². The van der Waals surface area contributed by atoms with Crippen LogP contribution in [0.25, 0.3) is 0 Å². The standard InChI is InChI=1S/C9H14BrNO2/c1-6-5-7(2)11(9(6)13)8(12)3-4-10/h6-7H,3-5H2,1-2H3. The number of carbonyl (C=O) groups excluding carboxylic acids is 2. The number of amides is 2. The molecule has 4 heteroatoms. The highest BCUT2D eigenvalue weighted by atomic mass is 79.9.